The van der Waals surface area contributed by atoms with Gasteiger partial charge in [-0.1, -0.05) is 24.3 Å². The van der Waals surface area contributed by atoms with Gasteiger partial charge in [-0.25, -0.2) is 4.39 Å². The molecule has 1 heterocycles. The van der Waals surface area contributed by atoms with Crippen molar-refractivity contribution in [2.75, 3.05) is 29.4 Å². The molecule has 23 heavy (non-hydrogen) atoms. The third kappa shape index (κ3) is 3.36. The van der Waals surface area contributed by atoms with E-state index < -0.39 is 0 Å². The number of carbonyl (C=O) groups excluding carboxylic acids is 1. The number of amides is 1. The van der Waals surface area contributed by atoms with E-state index in [0.29, 0.717) is 13.0 Å². The molecule has 0 aliphatic carbocycles. The second kappa shape index (κ2) is 6.82. The molecule has 1 amide bonds. The summed E-state index contributed by atoms with van der Waals surface area (Å²) in [6.07, 6.45) is 1.35. The Hall–Kier alpha value is -2.36. The molecule has 0 aromatic heterocycles. The van der Waals surface area contributed by atoms with Crippen LogP contribution in [-0.4, -0.2) is 25.5 Å². The first kappa shape index (κ1) is 15.5. The fourth-order valence-corrected chi connectivity index (χ4v) is 3.11. The van der Waals surface area contributed by atoms with E-state index in [1.807, 2.05) is 41.0 Å². The molecule has 0 saturated heterocycles. The lowest BCUT2D eigenvalue weighted by molar-refractivity contribution is -0.118. The molecule has 0 bridgehead atoms. The summed E-state index contributed by atoms with van der Waals surface area (Å²) in [4.78, 5) is 16.5. The molecule has 3 rings (SSSR count). The van der Waals surface area contributed by atoms with E-state index in [1.54, 1.807) is 6.07 Å². The molecule has 0 radical (unpaired) electrons. The van der Waals surface area contributed by atoms with Crippen LogP contribution in [0.25, 0.3) is 0 Å². The van der Waals surface area contributed by atoms with Gasteiger partial charge in [0.15, 0.2) is 0 Å². The summed E-state index contributed by atoms with van der Waals surface area (Å²) in [5.74, 6) is -0.120. The molecule has 0 spiro atoms. The van der Waals surface area contributed by atoms with Gasteiger partial charge >= 0.3 is 0 Å². The number of benzene rings is 2. The van der Waals surface area contributed by atoms with Crippen molar-refractivity contribution in [3.05, 3.63) is 59.9 Å². The van der Waals surface area contributed by atoms with E-state index in [2.05, 4.69) is 6.07 Å². The van der Waals surface area contributed by atoms with Crippen molar-refractivity contribution in [3.8, 4) is 0 Å². The lowest BCUT2D eigenvalue weighted by atomic mass is 10.2. The molecule has 120 valence electrons. The van der Waals surface area contributed by atoms with Crippen LogP contribution in [0.2, 0.25) is 0 Å². The molecule has 3 nitrogen and oxygen atoms in total. The number of carbonyl (C=O) groups is 1. The largest absolute Gasteiger partial charge is 0.371 e. The predicted molar refractivity (Wildman–Crippen MR) is 91.4 cm³/mol. The van der Waals surface area contributed by atoms with Crippen LogP contribution in [0.15, 0.2) is 48.5 Å². The van der Waals surface area contributed by atoms with Gasteiger partial charge in [0.25, 0.3) is 0 Å². The quantitative estimate of drug-likeness (QED) is 0.841. The smallest absolute Gasteiger partial charge is 0.228 e. The van der Waals surface area contributed by atoms with Crippen molar-refractivity contribution in [1.29, 1.82) is 0 Å². The van der Waals surface area contributed by atoms with Gasteiger partial charge in [0, 0.05) is 37.4 Å². The number of hydrogen-bond acceptors (Lipinski definition) is 2. The Balaban J connectivity index is 1.65. The van der Waals surface area contributed by atoms with E-state index in [-0.39, 0.29) is 11.7 Å². The number of para-hydroxylation sites is 1. The first-order valence-corrected chi connectivity index (χ1v) is 8.08. The van der Waals surface area contributed by atoms with Crippen LogP contribution in [0.4, 0.5) is 15.8 Å². The number of halogens is 1. The minimum Gasteiger partial charge on any atom is -0.371 e. The van der Waals surface area contributed by atoms with Gasteiger partial charge in [-0.15, -0.1) is 0 Å². The summed E-state index contributed by atoms with van der Waals surface area (Å²) < 4.78 is 13.4. The highest BCUT2D eigenvalue weighted by molar-refractivity contribution is 5.95. The van der Waals surface area contributed by atoms with Crippen molar-refractivity contribution in [2.45, 2.75) is 19.8 Å². The number of rotatable bonds is 5. The van der Waals surface area contributed by atoms with Gasteiger partial charge in [-0.2, -0.15) is 0 Å². The molecular weight excluding hydrogens is 291 g/mol. The van der Waals surface area contributed by atoms with Crippen LogP contribution in [0.1, 0.15) is 18.9 Å². The van der Waals surface area contributed by atoms with Gasteiger partial charge in [0.1, 0.15) is 5.82 Å². The molecule has 0 N–H and O–H groups in total. The second-order valence-electron chi connectivity index (χ2n) is 5.73. The third-order valence-electron chi connectivity index (χ3n) is 4.34. The highest BCUT2D eigenvalue weighted by Gasteiger charge is 2.24. The SMILES string of the molecule is CCN(CCC(=O)N1CCc2ccccc21)c1cccc(F)c1. The van der Waals surface area contributed by atoms with Crippen molar-refractivity contribution < 1.29 is 9.18 Å². The van der Waals surface area contributed by atoms with Gasteiger partial charge in [-0.05, 0) is 43.2 Å². The fraction of sp³-hybridized carbons (Fsp3) is 0.316. The highest BCUT2D eigenvalue weighted by Crippen LogP contribution is 2.28. The van der Waals surface area contributed by atoms with Crippen molar-refractivity contribution >= 4 is 17.3 Å². The van der Waals surface area contributed by atoms with Crippen LogP contribution in [0.3, 0.4) is 0 Å². The maximum atomic E-state index is 13.4. The van der Waals surface area contributed by atoms with E-state index in [9.17, 15) is 9.18 Å². The molecule has 2 aromatic carbocycles. The van der Waals surface area contributed by atoms with Gasteiger partial charge in [-0.3, -0.25) is 4.79 Å². The van der Waals surface area contributed by atoms with Gasteiger partial charge < -0.3 is 9.80 Å². The maximum Gasteiger partial charge on any atom is 0.228 e. The maximum absolute atomic E-state index is 13.4. The third-order valence-corrected chi connectivity index (χ3v) is 4.34. The normalized spacial score (nSPS) is 13.0. The Labute approximate surface area is 136 Å². The minimum atomic E-state index is -0.249. The lowest BCUT2D eigenvalue weighted by Crippen LogP contribution is -2.33. The second-order valence-corrected chi connectivity index (χ2v) is 5.73. The Morgan fingerprint density at radius 2 is 2.04 bits per heavy atom. The Bertz CT molecular complexity index is 701. The first-order valence-electron chi connectivity index (χ1n) is 8.08. The monoisotopic (exact) mass is 312 g/mol. The number of hydrogen-bond donors (Lipinski definition) is 0. The summed E-state index contributed by atoms with van der Waals surface area (Å²) in [6, 6.07) is 14.6. The summed E-state index contributed by atoms with van der Waals surface area (Å²) in [6.45, 7) is 4.11. The van der Waals surface area contributed by atoms with Crippen LogP contribution in [0.5, 0.6) is 0 Å². The van der Waals surface area contributed by atoms with Crippen LogP contribution in [-0.2, 0) is 11.2 Å². The van der Waals surface area contributed by atoms with E-state index >= 15 is 0 Å². The summed E-state index contributed by atoms with van der Waals surface area (Å²) in [5.41, 5.74) is 3.09. The molecule has 0 saturated carbocycles. The summed E-state index contributed by atoms with van der Waals surface area (Å²) in [5, 5.41) is 0. The number of fused-ring (bicyclic) bond motifs is 1. The molecular formula is C19H21FN2O. The molecule has 0 unspecified atom stereocenters. The van der Waals surface area contributed by atoms with Crippen LogP contribution < -0.4 is 9.80 Å². The Kier molecular flexibility index (Phi) is 4.60. The van der Waals surface area contributed by atoms with Crippen molar-refractivity contribution in [2.24, 2.45) is 0 Å². The molecule has 0 atom stereocenters. The average Bonchev–Trinajstić information content (AvgIpc) is 2.99. The first-order chi connectivity index (χ1) is 11.2. The van der Waals surface area contributed by atoms with Crippen LogP contribution in [0, 0.1) is 5.82 Å². The van der Waals surface area contributed by atoms with E-state index in [0.717, 1.165) is 30.9 Å². The standard InChI is InChI=1S/C19H21FN2O/c1-2-21(17-8-5-7-16(20)14-17)12-11-19(23)22-13-10-15-6-3-4-9-18(15)22/h3-9,14H,2,10-13H2,1H3. The molecule has 0 fully saturated rings. The zero-order valence-corrected chi connectivity index (χ0v) is 13.3. The van der Waals surface area contributed by atoms with Crippen LogP contribution >= 0.6 is 0 Å². The molecule has 2 aromatic rings. The number of nitrogens with zero attached hydrogens (tertiary/aromatic N) is 2. The number of anilines is 2. The van der Waals surface area contributed by atoms with Crippen molar-refractivity contribution in [1.82, 2.24) is 0 Å². The topological polar surface area (TPSA) is 23.6 Å². The average molecular weight is 312 g/mol. The zero-order valence-electron chi connectivity index (χ0n) is 13.3. The predicted octanol–water partition coefficient (Wildman–Crippen LogP) is 3.63. The lowest BCUT2D eigenvalue weighted by Gasteiger charge is -2.24. The summed E-state index contributed by atoms with van der Waals surface area (Å²) >= 11 is 0. The van der Waals surface area contributed by atoms with Gasteiger partial charge in [0.2, 0.25) is 5.91 Å². The Morgan fingerprint density at radius 3 is 2.83 bits per heavy atom. The molecule has 4 heteroatoms. The Morgan fingerprint density at radius 1 is 1.22 bits per heavy atom. The minimum absolute atomic E-state index is 0.129. The highest BCUT2D eigenvalue weighted by atomic mass is 19.1. The zero-order chi connectivity index (χ0) is 16.2. The fourth-order valence-electron chi connectivity index (χ4n) is 3.11. The molecule has 1 aliphatic rings. The van der Waals surface area contributed by atoms with E-state index in [4.69, 9.17) is 0 Å². The van der Waals surface area contributed by atoms with E-state index in [1.165, 1.54) is 17.7 Å². The van der Waals surface area contributed by atoms with Crippen molar-refractivity contribution in [3.63, 3.8) is 0 Å². The van der Waals surface area contributed by atoms with Gasteiger partial charge in [0.05, 0.1) is 0 Å². The summed E-state index contributed by atoms with van der Waals surface area (Å²) in [7, 11) is 0. The molecule has 1 aliphatic heterocycles.